The second-order valence-electron chi connectivity index (χ2n) is 6.38. The van der Waals surface area contributed by atoms with Gasteiger partial charge in [0, 0.05) is 39.3 Å². The summed E-state index contributed by atoms with van der Waals surface area (Å²) in [5, 5.41) is 2.69. The van der Waals surface area contributed by atoms with Crippen LogP contribution in [0.1, 0.15) is 23.4 Å². The number of alkyl halides is 3. The van der Waals surface area contributed by atoms with Crippen LogP contribution in [0.25, 0.3) is 0 Å². The van der Waals surface area contributed by atoms with Crippen LogP contribution in [0.3, 0.4) is 0 Å². The number of benzene rings is 1. The predicted molar refractivity (Wildman–Crippen MR) is 92.3 cm³/mol. The van der Waals surface area contributed by atoms with Crippen molar-refractivity contribution in [2.24, 2.45) is 0 Å². The van der Waals surface area contributed by atoms with E-state index in [-0.39, 0.29) is 16.5 Å². The Morgan fingerprint density at radius 1 is 1.24 bits per heavy atom. The summed E-state index contributed by atoms with van der Waals surface area (Å²) in [7, 11) is 0. The first-order valence-corrected chi connectivity index (χ1v) is 9.37. The van der Waals surface area contributed by atoms with Crippen molar-refractivity contribution in [3.63, 3.8) is 0 Å². The number of thioether (sulfide) groups is 1. The fourth-order valence-electron chi connectivity index (χ4n) is 3.21. The third-order valence-corrected chi connectivity index (χ3v) is 6.01. The zero-order valence-corrected chi connectivity index (χ0v) is 14.9. The number of nitrogens with zero attached hydrogens (tertiary/aromatic N) is 2. The predicted octanol–water partition coefficient (Wildman–Crippen LogP) is 2.57. The minimum absolute atomic E-state index is 0.00236. The molecule has 0 aromatic heterocycles. The van der Waals surface area contributed by atoms with Crippen LogP contribution in [0.2, 0.25) is 0 Å². The van der Waals surface area contributed by atoms with E-state index in [9.17, 15) is 18.0 Å². The van der Waals surface area contributed by atoms with Crippen molar-refractivity contribution in [2.75, 3.05) is 39.3 Å². The molecule has 0 radical (unpaired) electrons. The molecule has 2 saturated heterocycles. The van der Waals surface area contributed by atoms with E-state index >= 15 is 0 Å². The summed E-state index contributed by atoms with van der Waals surface area (Å²) < 4.78 is 39.0. The van der Waals surface area contributed by atoms with Crippen LogP contribution in [0.15, 0.2) is 24.3 Å². The third-order valence-electron chi connectivity index (χ3n) is 4.61. The molecule has 0 unspecified atom stereocenters. The molecule has 25 heavy (non-hydrogen) atoms. The number of piperazine rings is 1. The average molecular weight is 373 g/mol. The van der Waals surface area contributed by atoms with Crippen LogP contribution in [-0.4, -0.2) is 60.2 Å². The van der Waals surface area contributed by atoms with Gasteiger partial charge >= 0.3 is 6.18 Å². The van der Waals surface area contributed by atoms with Gasteiger partial charge in [0.1, 0.15) is 5.37 Å². The average Bonchev–Trinajstić information content (AvgIpc) is 2.88. The number of hydrogen-bond donors (Lipinski definition) is 1. The summed E-state index contributed by atoms with van der Waals surface area (Å²) in [4.78, 5) is 16.5. The first-order valence-electron chi connectivity index (χ1n) is 8.42. The molecular weight excluding hydrogens is 351 g/mol. The van der Waals surface area contributed by atoms with Gasteiger partial charge in [-0.2, -0.15) is 13.2 Å². The van der Waals surface area contributed by atoms with Gasteiger partial charge in [-0.3, -0.25) is 9.69 Å². The minimum atomic E-state index is -4.37. The van der Waals surface area contributed by atoms with E-state index < -0.39 is 11.7 Å². The Kier molecular flexibility index (Phi) is 5.60. The van der Waals surface area contributed by atoms with Crippen molar-refractivity contribution < 1.29 is 18.0 Å². The Balaban J connectivity index is 1.75. The van der Waals surface area contributed by atoms with Crippen molar-refractivity contribution in [2.45, 2.75) is 23.7 Å². The van der Waals surface area contributed by atoms with Gasteiger partial charge in [0.15, 0.2) is 0 Å². The first kappa shape index (κ1) is 18.5. The van der Waals surface area contributed by atoms with Crippen molar-refractivity contribution in [1.82, 2.24) is 15.1 Å². The number of rotatable bonds is 4. The molecule has 2 heterocycles. The minimum Gasteiger partial charge on any atom is -0.324 e. The Labute approximate surface area is 149 Å². The van der Waals surface area contributed by atoms with Gasteiger partial charge in [0.05, 0.1) is 10.8 Å². The molecule has 1 aromatic rings. The Morgan fingerprint density at radius 3 is 2.64 bits per heavy atom. The van der Waals surface area contributed by atoms with Crippen molar-refractivity contribution in [3.05, 3.63) is 35.4 Å². The Hall–Kier alpha value is -1.25. The van der Waals surface area contributed by atoms with Crippen LogP contribution >= 0.6 is 11.8 Å². The number of carbonyl (C=O) groups excluding carboxylic acids is 1. The fraction of sp³-hybridized carbons (Fsp3) is 0.588. The SMILES string of the molecule is C[C@H]1S[C@H](c2cccc(C(F)(F)F)c2)N(CCN2CCNCC2)C1=O. The zero-order valence-electron chi connectivity index (χ0n) is 14.1. The highest BCUT2D eigenvalue weighted by atomic mass is 32.2. The van der Waals surface area contributed by atoms with E-state index in [1.165, 1.54) is 23.9 Å². The molecule has 0 spiro atoms. The normalized spacial score (nSPS) is 25.6. The molecule has 4 nitrogen and oxygen atoms in total. The summed E-state index contributed by atoms with van der Waals surface area (Å²) in [5.74, 6) is 0.00236. The molecule has 2 aliphatic rings. The van der Waals surface area contributed by atoms with E-state index in [2.05, 4.69) is 10.2 Å². The van der Waals surface area contributed by atoms with Crippen LogP contribution in [0, 0.1) is 0 Å². The van der Waals surface area contributed by atoms with E-state index in [1.54, 1.807) is 11.0 Å². The Morgan fingerprint density at radius 2 is 1.96 bits per heavy atom. The van der Waals surface area contributed by atoms with E-state index in [1.807, 2.05) is 6.92 Å². The van der Waals surface area contributed by atoms with Gasteiger partial charge in [-0.1, -0.05) is 12.1 Å². The van der Waals surface area contributed by atoms with E-state index in [0.717, 1.165) is 38.8 Å². The topological polar surface area (TPSA) is 35.6 Å². The monoisotopic (exact) mass is 373 g/mol. The lowest BCUT2D eigenvalue weighted by molar-refractivity contribution is -0.137. The highest BCUT2D eigenvalue weighted by Gasteiger charge is 2.39. The fourth-order valence-corrected chi connectivity index (χ4v) is 4.51. The number of halogens is 3. The number of hydrogen-bond acceptors (Lipinski definition) is 4. The summed E-state index contributed by atoms with van der Waals surface area (Å²) >= 11 is 1.42. The maximum Gasteiger partial charge on any atom is 0.416 e. The summed E-state index contributed by atoms with van der Waals surface area (Å²) in [6, 6.07) is 5.33. The van der Waals surface area contributed by atoms with Crippen LogP contribution in [-0.2, 0) is 11.0 Å². The van der Waals surface area contributed by atoms with E-state index in [0.29, 0.717) is 12.1 Å². The Bertz CT molecular complexity index is 619. The molecule has 2 aliphatic heterocycles. The standard InChI is InChI=1S/C17H22F3N3OS/c1-12-15(24)23(10-9-22-7-5-21-6-8-22)16(25-12)13-3-2-4-14(11-13)17(18,19)20/h2-4,11-12,16,21H,5-10H2,1H3/t12-,16-/m1/s1. The summed E-state index contributed by atoms with van der Waals surface area (Å²) in [5.41, 5.74) is -0.127. The molecule has 8 heteroatoms. The van der Waals surface area contributed by atoms with Gasteiger partial charge in [0.2, 0.25) is 5.91 Å². The van der Waals surface area contributed by atoms with Crippen molar-refractivity contribution in [3.8, 4) is 0 Å². The third kappa shape index (κ3) is 4.30. The molecule has 1 aromatic carbocycles. The highest BCUT2D eigenvalue weighted by Crippen LogP contribution is 2.43. The van der Waals surface area contributed by atoms with Gasteiger partial charge in [-0.25, -0.2) is 0 Å². The maximum atomic E-state index is 13.0. The molecule has 2 fully saturated rings. The lowest BCUT2D eigenvalue weighted by atomic mass is 10.1. The second-order valence-corrected chi connectivity index (χ2v) is 7.80. The van der Waals surface area contributed by atoms with Crippen LogP contribution in [0.4, 0.5) is 13.2 Å². The molecule has 1 N–H and O–H groups in total. The quantitative estimate of drug-likeness (QED) is 0.880. The van der Waals surface area contributed by atoms with Gasteiger partial charge in [-0.15, -0.1) is 11.8 Å². The molecule has 138 valence electrons. The molecule has 3 rings (SSSR count). The highest BCUT2D eigenvalue weighted by molar-refractivity contribution is 8.01. The molecule has 0 saturated carbocycles. The van der Waals surface area contributed by atoms with Gasteiger partial charge < -0.3 is 10.2 Å². The molecule has 0 bridgehead atoms. The van der Waals surface area contributed by atoms with Gasteiger partial charge in [0.25, 0.3) is 0 Å². The van der Waals surface area contributed by atoms with Crippen LogP contribution < -0.4 is 5.32 Å². The summed E-state index contributed by atoms with van der Waals surface area (Å²) in [6.45, 7) is 6.82. The van der Waals surface area contributed by atoms with Crippen molar-refractivity contribution in [1.29, 1.82) is 0 Å². The van der Waals surface area contributed by atoms with Gasteiger partial charge in [-0.05, 0) is 24.6 Å². The zero-order chi connectivity index (χ0) is 18.0. The molecular formula is C17H22F3N3OS. The molecule has 1 amide bonds. The summed E-state index contributed by atoms with van der Waals surface area (Å²) in [6.07, 6.45) is -4.37. The van der Waals surface area contributed by atoms with Crippen molar-refractivity contribution >= 4 is 17.7 Å². The molecule has 0 aliphatic carbocycles. The van der Waals surface area contributed by atoms with Crippen LogP contribution in [0.5, 0.6) is 0 Å². The lowest BCUT2D eigenvalue weighted by Crippen LogP contribution is -2.46. The first-order chi connectivity index (χ1) is 11.9. The molecule has 2 atom stereocenters. The lowest BCUT2D eigenvalue weighted by Gasteiger charge is -2.31. The maximum absolute atomic E-state index is 13.0. The second kappa shape index (κ2) is 7.55. The largest absolute Gasteiger partial charge is 0.416 e. The smallest absolute Gasteiger partial charge is 0.324 e. The number of amides is 1. The number of carbonyl (C=O) groups is 1. The number of nitrogens with one attached hydrogen (secondary N) is 1. The van der Waals surface area contributed by atoms with E-state index in [4.69, 9.17) is 0 Å².